The van der Waals surface area contributed by atoms with Gasteiger partial charge in [0, 0.05) is 11.4 Å². The van der Waals surface area contributed by atoms with Crippen LogP contribution in [0.25, 0.3) is 16.7 Å². The number of hydrogen-bond acceptors (Lipinski definition) is 3. The molecule has 2 aromatic carbocycles. The van der Waals surface area contributed by atoms with Crippen LogP contribution in [0.15, 0.2) is 42.5 Å². The van der Waals surface area contributed by atoms with Gasteiger partial charge in [-0.25, -0.2) is 4.98 Å². The molecule has 0 saturated heterocycles. The number of nitriles is 1. The zero-order chi connectivity index (χ0) is 13.4. The summed E-state index contributed by atoms with van der Waals surface area (Å²) in [6.45, 7) is 1.95. The van der Waals surface area contributed by atoms with Crippen molar-refractivity contribution in [2.24, 2.45) is 0 Å². The number of benzene rings is 2. The van der Waals surface area contributed by atoms with Crippen LogP contribution in [0.4, 0.5) is 5.69 Å². The summed E-state index contributed by atoms with van der Waals surface area (Å²) in [5.41, 5.74) is 10.0. The Kier molecular flexibility index (Phi) is 2.46. The summed E-state index contributed by atoms with van der Waals surface area (Å²) in [6.07, 6.45) is 0. The van der Waals surface area contributed by atoms with Gasteiger partial charge in [-0.3, -0.25) is 4.57 Å². The van der Waals surface area contributed by atoms with Crippen LogP contribution >= 0.6 is 0 Å². The van der Waals surface area contributed by atoms with Gasteiger partial charge in [0.05, 0.1) is 22.7 Å². The number of nitrogens with zero attached hydrogens (tertiary/aromatic N) is 3. The predicted octanol–water partition coefficient (Wildman–Crippen LogP) is 2.79. The Balaban J connectivity index is 2.24. The lowest BCUT2D eigenvalue weighted by Gasteiger charge is -2.06. The van der Waals surface area contributed by atoms with Crippen molar-refractivity contribution in [1.82, 2.24) is 9.55 Å². The largest absolute Gasteiger partial charge is 0.399 e. The Labute approximate surface area is 110 Å². The number of nitrogens with two attached hydrogens (primary N) is 1. The van der Waals surface area contributed by atoms with Crippen LogP contribution in [0.2, 0.25) is 0 Å². The zero-order valence-electron chi connectivity index (χ0n) is 10.5. The van der Waals surface area contributed by atoms with Crippen molar-refractivity contribution in [3.8, 4) is 11.8 Å². The summed E-state index contributed by atoms with van der Waals surface area (Å²) in [6, 6.07) is 15.3. The highest BCUT2D eigenvalue weighted by atomic mass is 15.1. The van der Waals surface area contributed by atoms with Gasteiger partial charge in [-0.05, 0) is 49.4 Å². The normalized spacial score (nSPS) is 10.5. The Morgan fingerprint density at radius 1 is 1.16 bits per heavy atom. The molecule has 0 saturated carbocycles. The molecule has 0 fully saturated rings. The second-order valence-electron chi connectivity index (χ2n) is 4.40. The second kappa shape index (κ2) is 4.14. The van der Waals surface area contributed by atoms with Crippen molar-refractivity contribution in [3.05, 3.63) is 53.9 Å². The van der Waals surface area contributed by atoms with Crippen molar-refractivity contribution >= 4 is 16.7 Å². The number of rotatable bonds is 1. The Bertz CT molecular complexity index is 791. The zero-order valence-corrected chi connectivity index (χ0v) is 10.5. The van der Waals surface area contributed by atoms with Gasteiger partial charge in [-0.2, -0.15) is 5.26 Å². The molecule has 0 unspecified atom stereocenters. The average molecular weight is 248 g/mol. The molecule has 2 N–H and O–H groups in total. The fraction of sp³-hybridized carbons (Fsp3) is 0.0667. The van der Waals surface area contributed by atoms with Crippen LogP contribution in [0.3, 0.4) is 0 Å². The highest BCUT2D eigenvalue weighted by Crippen LogP contribution is 2.23. The molecule has 0 aliphatic heterocycles. The van der Waals surface area contributed by atoms with E-state index in [1.807, 2.05) is 37.3 Å². The second-order valence-corrected chi connectivity index (χ2v) is 4.40. The molecule has 3 aromatic rings. The molecule has 0 aliphatic carbocycles. The first-order valence-corrected chi connectivity index (χ1v) is 5.94. The van der Waals surface area contributed by atoms with Gasteiger partial charge < -0.3 is 5.73 Å². The van der Waals surface area contributed by atoms with E-state index in [9.17, 15) is 0 Å². The standard InChI is InChI=1S/C15H12N4/c1-10-18-14-8-12(17)4-7-15(14)19(10)13-5-2-11(9-16)3-6-13/h2-8H,17H2,1H3. The van der Waals surface area contributed by atoms with Gasteiger partial charge >= 0.3 is 0 Å². The summed E-state index contributed by atoms with van der Waals surface area (Å²) in [7, 11) is 0. The van der Waals surface area contributed by atoms with Gasteiger partial charge in [0.1, 0.15) is 5.82 Å². The third-order valence-corrected chi connectivity index (χ3v) is 3.10. The fourth-order valence-electron chi connectivity index (χ4n) is 2.23. The molecule has 0 atom stereocenters. The minimum Gasteiger partial charge on any atom is -0.399 e. The summed E-state index contributed by atoms with van der Waals surface area (Å²) in [5, 5.41) is 8.83. The monoisotopic (exact) mass is 248 g/mol. The molecule has 19 heavy (non-hydrogen) atoms. The summed E-state index contributed by atoms with van der Waals surface area (Å²) in [4.78, 5) is 4.51. The number of aryl methyl sites for hydroxylation is 1. The Morgan fingerprint density at radius 2 is 1.89 bits per heavy atom. The molecule has 1 aromatic heterocycles. The van der Waals surface area contributed by atoms with Crippen molar-refractivity contribution in [2.75, 3.05) is 5.73 Å². The minimum absolute atomic E-state index is 0.648. The number of hydrogen-bond donors (Lipinski definition) is 1. The molecular formula is C15H12N4. The van der Waals surface area contributed by atoms with Crippen molar-refractivity contribution in [3.63, 3.8) is 0 Å². The van der Waals surface area contributed by atoms with Crippen LogP contribution in [0.1, 0.15) is 11.4 Å². The Morgan fingerprint density at radius 3 is 2.58 bits per heavy atom. The van der Waals surface area contributed by atoms with Gasteiger partial charge in [0.2, 0.25) is 0 Å². The summed E-state index contributed by atoms with van der Waals surface area (Å²) < 4.78 is 2.05. The maximum absolute atomic E-state index is 8.83. The molecule has 1 heterocycles. The van der Waals surface area contributed by atoms with E-state index in [1.165, 1.54) is 0 Å². The highest BCUT2D eigenvalue weighted by Gasteiger charge is 2.09. The van der Waals surface area contributed by atoms with E-state index in [2.05, 4.69) is 15.6 Å². The van der Waals surface area contributed by atoms with E-state index in [-0.39, 0.29) is 0 Å². The van der Waals surface area contributed by atoms with Crippen LogP contribution < -0.4 is 5.73 Å². The van der Waals surface area contributed by atoms with E-state index in [0.29, 0.717) is 11.3 Å². The van der Waals surface area contributed by atoms with Crippen molar-refractivity contribution in [2.45, 2.75) is 6.92 Å². The molecule has 0 amide bonds. The highest BCUT2D eigenvalue weighted by molar-refractivity contribution is 5.81. The lowest BCUT2D eigenvalue weighted by molar-refractivity contribution is 1.00. The lowest BCUT2D eigenvalue weighted by atomic mass is 10.2. The third-order valence-electron chi connectivity index (χ3n) is 3.10. The molecule has 3 rings (SSSR count). The number of anilines is 1. The van der Waals surface area contributed by atoms with Gasteiger partial charge in [0.15, 0.2) is 0 Å². The van der Waals surface area contributed by atoms with E-state index in [0.717, 1.165) is 22.5 Å². The van der Waals surface area contributed by atoms with Crippen LogP contribution in [0.5, 0.6) is 0 Å². The summed E-state index contributed by atoms with van der Waals surface area (Å²) >= 11 is 0. The smallest absolute Gasteiger partial charge is 0.111 e. The molecule has 0 spiro atoms. The first kappa shape index (κ1) is 11.3. The number of nitrogen functional groups attached to an aromatic ring is 1. The topological polar surface area (TPSA) is 67.6 Å². The predicted molar refractivity (Wildman–Crippen MR) is 74.9 cm³/mol. The summed E-state index contributed by atoms with van der Waals surface area (Å²) in [5.74, 6) is 0.894. The lowest BCUT2D eigenvalue weighted by Crippen LogP contribution is -1.96. The van der Waals surface area contributed by atoms with E-state index in [1.54, 1.807) is 12.1 Å². The molecule has 0 aliphatic rings. The average Bonchev–Trinajstić information content (AvgIpc) is 2.74. The van der Waals surface area contributed by atoms with Crippen LogP contribution in [0, 0.1) is 18.3 Å². The number of aromatic nitrogens is 2. The van der Waals surface area contributed by atoms with Gasteiger partial charge in [-0.1, -0.05) is 0 Å². The molecule has 0 bridgehead atoms. The maximum atomic E-state index is 8.83. The molecular weight excluding hydrogens is 236 g/mol. The van der Waals surface area contributed by atoms with Gasteiger partial charge in [0.25, 0.3) is 0 Å². The van der Waals surface area contributed by atoms with E-state index in [4.69, 9.17) is 11.0 Å². The molecule has 92 valence electrons. The first-order chi connectivity index (χ1) is 9.19. The van der Waals surface area contributed by atoms with Crippen molar-refractivity contribution < 1.29 is 0 Å². The number of fused-ring (bicyclic) bond motifs is 1. The van der Waals surface area contributed by atoms with Crippen LogP contribution in [-0.2, 0) is 0 Å². The molecule has 0 radical (unpaired) electrons. The maximum Gasteiger partial charge on any atom is 0.111 e. The Hall–Kier alpha value is -2.80. The first-order valence-electron chi connectivity index (χ1n) is 5.94. The molecule has 4 nitrogen and oxygen atoms in total. The third kappa shape index (κ3) is 1.81. The fourth-order valence-corrected chi connectivity index (χ4v) is 2.23. The minimum atomic E-state index is 0.648. The number of imidazole rings is 1. The van der Waals surface area contributed by atoms with E-state index >= 15 is 0 Å². The van der Waals surface area contributed by atoms with Crippen molar-refractivity contribution in [1.29, 1.82) is 5.26 Å². The molecule has 4 heteroatoms. The van der Waals surface area contributed by atoms with Crippen LogP contribution in [-0.4, -0.2) is 9.55 Å². The van der Waals surface area contributed by atoms with E-state index < -0.39 is 0 Å². The quantitative estimate of drug-likeness (QED) is 0.673. The van der Waals surface area contributed by atoms with Gasteiger partial charge in [-0.15, -0.1) is 0 Å². The SMILES string of the molecule is Cc1nc2cc(N)ccc2n1-c1ccc(C#N)cc1.